The van der Waals surface area contributed by atoms with Gasteiger partial charge in [0.15, 0.2) is 5.96 Å². The van der Waals surface area contributed by atoms with Gasteiger partial charge in [-0.3, -0.25) is 9.79 Å². The maximum atomic E-state index is 12.1. The van der Waals surface area contributed by atoms with Crippen LogP contribution in [0.3, 0.4) is 0 Å². The Morgan fingerprint density at radius 2 is 2.35 bits per heavy atom. The highest BCUT2D eigenvalue weighted by atomic mass is 32.2. The number of carbonyl (C=O) groups is 1. The van der Waals surface area contributed by atoms with Crippen LogP contribution in [-0.4, -0.2) is 72.4 Å². The molecule has 1 saturated heterocycles. The standard InChI is InChI=1S/C14H22N4OS/c1-3-9-20-10-6-16-14(15-2)17-7-8-18(12-4-5-12)13(19)11-17/h1,12H,4-11H2,2H3,(H,15,16). The van der Waals surface area contributed by atoms with Crippen molar-refractivity contribution in [1.29, 1.82) is 0 Å². The van der Waals surface area contributed by atoms with E-state index in [1.807, 2.05) is 9.80 Å². The molecule has 2 fully saturated rings. The topological polar surface area (TPSA) is 47.9 Å². The smallest absolute Gasteiger partial charge is 0.242 e. The fourth-order valence-electron chi connectivity index (χ4n) is 2.34. The second-order valence-corrected chi connectivity index (χ2v) is 6.08. The van der Waals surface area contributed by atoms with Gasteiger partial charge in [0.05, 0.1) is 12.3 Å². The van der Waals surface area contributed by atoms with Crippen molar-refractivity contribution < 1.29 is 4.79 Å². The fraction of sp³-hybridized carbons (Fsp3) is 0.714. The van der Waals surface area contributed by atoms with E-state index in [1.165, 1.54) is 12.8 Å². The lowest BCUT2D eigenvalue weighted by molar-refractivity contribution is -0.135. The number of rotatable bonds is 5. The molecular formula is C14H22N4OS. The van der Waals surface area contributed by atoms with Crippen molar-refractivity contribution in [2.75, 3.05) is 44.7 Å². The lowest BCUT2D eigenvalue weighted by Crippen LogP contribution is -2.55. The van der Waals surface area contributed by atoms with Crippen LogP contribution in [0.1, 0.15) is 12.8 Å². The van der Waals surface area contributed by atoms with Crippen molar-refractivity contribution >= 4 is 23.6 Å². The molecule has 0 spiro atoms. The van der Waals surface area contributed by atoms with E-state index in [0.717, 1.165) is 37.1 Å². The summed E-state index contributed by atoms with van der Waals surface area (Å²) in [6, 6.07) is 0.514. The zero-order valence-electron chi connectivity index (χ0n) is 12.0. The molecule has 20 heavy (non-hydrogen) atoms. The van der Waals surface area contributed by atoms with Gasteiger partial charge in [0.1, 0.15) is 0 Å². The summed E-state index contributed by atoms with van der Waals surface area (Å²) in [5.41, 5.74) is 0. The molecule has 0 bridgehead atoms. The first kappa shape index (κ1) is 15.0. The first-order valence-corrected chi connectivity index (χ1v) is 8.18. The zero-order chi connectivity index (χ0) is 14.4. The number of piperazine rings is 1. The summed E-state index contributed by atoms with van der Waals surface area (Å²) < 4.78 is 0. The van der Waals surface area contributed by atoms with E-state index in [2.05, 4.69) is 16.2 Å². The van der Waals surface area contributed by atoms with Crippen LogP contribution in [0, 0.1) is 12.3 Å². The largest absolute Gasteiger partial charge is 0.355 e. The third kappa shape index (κ3) is 4.07. The summed E-state index contributed by atoms with van der Waals surface area (Å²) in [4.78, 5) is 20.4. The first-order chi connectivity index (χ1) is 9.76. The Hall–Kier alpha value is -1.35. The Morgan fingerprint density at radius 1 is 1.55 bits per heavy atom. The van der Waals surface area contributed by atoms with Crippen LogP contribution in [0.5, 0.6) is 0 Å². The van der Waals surface area contributed by atoms with Crippen molar-refractivity contribution in [3.05, 3.63) is 0 Å². The number of nitrogens with one attached hydrogen (secondary N) is 1. The van der Waals surface area contributed by atoms with Crippen LogP contribution in [0.25, 0.3) is 0 Å². The van der Waals surface area contributed by atoms with Crippen LogP contribution in [-0.2, 0) is 4.79 Å². The van der Waals surface area contributed by atoms with Gasteiger partial charge in [-0.05, 0) is 12.8 Å². The highest BCUT2D eigenvalue weighted by Gasteiger charge is 2.36. The normalized spacial score (nSPS) is 20.0. The predicted octanol–water partition coefficient (Wildman–Crippen LogP) is 0.235. The second kappa shape index (κ2) is 7.44. The molecule has 0 radical (unpaired) electrons. The van der Waals surface area contributed by atoms with E-state index < -0.39 is 0 Å². The van der Waals surface area contributed by atoms with Gasteiger partial charge in [-0.15, -0.1) is 18.2 Å². The van der Waals surface area contributed by atoms with Crippen molar-refractivity contribution in [3.8, 4) is 12.3 Å². The molecule has 1 aliphatic heterocycles. The van der Waals surface area contributed by atoms with Crippen molar-refractivity contribution in [1.82, 2.24) is 15.1 Å². The summed E-state index contributed by atoms with van der Waals surface area (Å²) in [6.07, 6.45) is 7.55. The lowest BCUT2D eigenvalue weighted by Gasteiger charge is -2.36. The van der Waals surface area contributed by atoms with Crippen LogP contribution in [0.15, 0.2) is 4.99 Å². The predicted molar refractivity (Wildman–Crippen MR) is 83.8 cm³/mol. The average Bonchev–Trinajstić information content (AvgIpc) is 3.27. The molecule has 1 aliphatic carbocycles. The highest BCUT2D eigenvalue weighted by Crippen LogP contribution is 2.27. The molecule has 0 aromatic carbocycles. The molecule has 0 atom stereocenters. The van der Waals surface area contributed by atoms with Crippen LogP contribution < -0.4 is 5.32 Å². The van der Waals surface area contributed by atoms with E-state index in [1.54, 1.807) is 18.8 Å². The number of amides is 1. The number of aliphatic imine (C=N–C) groups is 1. The maximum absolute atomic E-state index is 12.1. The van der Waals surface area contributed by atoms with Gasteiger partial charge in [0.25, 0.3) is 0 Å². The van der Waals surface area contributed by atoms with Crippen LogP contribution in [0.2, 0.25) is 0 Å². The molecule has 0 unspecified atom stereocenters. The van der Waals surface area contributed by atoms with Crippen molar-refractivity contribution in [2.45, 2.75) is 18.9 Å². The molecule has 1 saturated carbocycles. The SMILES string of the molecule is C#CCSCCNC(=NC)N1CCN(C2CC2)C(=O)C1. The number of terminal acetylenes is 1. The van der Waals surface area contributed by atoms with Gasteiger partial charge >= 0.3 is 0 Å². The molecule has 6 heteroatoms. The second-order valence-electron chi connectivity index (χ2n) is 4.97. The third-order valence-electron chi connectivity index (χ3n) is 3.47. The molecule has 110 valence electrons. The molecular weight excluding hydrogens is 272 g/mol. The van der Waals surface area contributed by atoms with Crippen LogP contribution >= 0.6 is 11.8 Å². The Labute approximate surface area is 125 Å². The van der Waals surface area contributed by atoms with Gasteiger partial charge in [-0.1, -0.05) is 5.92 Å². The monoisotopic (exact) mass is 294 g/mol. The Balaban J connectivity index is 1.74. The van der Waals surface area contributed by atoms with Crippen molar-refractivity contribution in [3.63, 3.8) is 0 Å². The Kier molecular flexibility index (Phi) is 5.60. The van der Waals surface area contributed by atoms with E-state index in [0.29, 0.717) is 12.6 Å². The van der Waals surface area contributed by atoms with Gasteiger partial charge < -0.3 is 15.1 Å². The number of guanidine groups is 1. The Morgan fingerprint density at radius 3 is 2.95 bits per heavy atom. The number of hydrogen-bond acceptors (Lipinski definition) is 3. The minimum Gasteiger partial charge on any atom is -0.355 e. The minimum atomic E-state index is 0.225. The first-order valence-electron chi connectivity index (χ1n) is 7.02. The van der Waals surface area contributed by atoms with Gasteiger partial charge in [-0.2, -0.15) is 0 Å². The van der Waals surface area contributed by atoms with Crippen LogP contribution in [0.4, 0.5) is 0 Å². The molecule has 0 aromatic heterocycles. The fourth-order valence-corrected chi connectivity index (χ4v) is 2.85. The Bertz CT molecular complexity index is 414. The summed E-state index contributed by atoms with van der Waals surface area (Å²) in [6.45, 7) is 2.93. The molecule has 2 aliphatic rings. The van der Waals surface area contributed by atoms with Gasteiger partial charge in [-0.25, -0.2) is 0 Å². The number of carbonyl (C=O) groups excluding carboxylic acids is 1. The average molecular weight is 294 g/mol. The third-order valence-corrected chi connectivity index (χ3v) is 4.33. The van der Waals surface area contributed by atoms with E-state index >= 15 is 0 Å². The quantitative estimate of drug-likeness (QED) is 0.341. The van der Waals surface area contributed by atoms with E-state index in [-0.39, 0.29) is 5.91 Å². The molecule has 1 N–H and O–H groups in total. The number of nitrogens with zero attached hydrogens (tertiary/aromatic N) is 3. The number of hydrogen-bond donors (Lipinski definition) is 1. The summed E-state index contributed by atoms with van der Waals surface area (Å²) in [5.74, 6) is 5.32. The minimum absolute atomic E-state index is 0.225. The molecule has 0 aromatic rings. The maximum Gasteiger partial charge on any atom is 0.242 e. The number of thioether (sulfide) groups is 1. The summed E-state index contributed by atoms with van der Waals surface area (Å²) in [7, 11) is 1.76. The highest BCUT2D eigenvalue weighted by molar-refractivity contribution is 7.99. The summed E-state index contributed by atoms with van der Waals surface area (Å²) in [5, 5.41) is 3.29. The molecule has 2 rings (SSSR count). The molecule has 5 nitrogen and oxygen atoms in total. The molecule has 1 amide bonds. The zero-order valence-corrected chi connectivity index (χ0v) is 12.8. The van der Waals surface area contributed by atoms with Gasteiger partial charge in [0, 0.05) is 38.5 Å². The molecule has 1 heterocycles. The van der Waals surface area contributed by atoms with Gasteiger partial charge in [0.2, 0.25) is 5.91 Å². The van der Waals surface area contributed by atoms with E-state index in [4.69, 9.17) is 6.42 Å². The van der Waals surface area contributed by atoms with E-state index in [9.17, 15) is 4.79 Å². The summed E-state index contributed by atoms with van der Waals surface area (Å²) >= 11 is 1.72. The lowest BCUT2D eigenvalue weighted by atomic mass is 10.3. The van der Waals surface area contributed by atoms with Crippen molar-refractivity contribution in [2.24, 2.45) is 4.99 Å².